The lowest BCUT2D eigenvalue weighted by molar-refractivity contribution is 0.240. The largest absolute Gasteiger partial charge is 0.375 e. The van der Waals surface area contributed by atoms with Crippen LogP contribution in [0.5, 0.6) is 0 Å². The molecule has 0 aromatic heterocycles. The van der Waals surface area contributed by atoms with Gasteiger partial charge < -0.3 is 5.11 Å². The summed E-state index contributed by atoms with van der Waals surface area (Å²) in [6.07, 6.45) is 0.432. The van der Waals surface area contributed by atoms with Crippen molar-refractivity contribution in [3.05, 3.63) is 5.92 Å². The van der Waals surface area contributed by atoms with Gasteiger partial charge in [-0.2, -0.15) is 8.42 Å². The van der Waals surface area contributed by atoms with Gasteiger partial charge in [0, 0.05) is 5.92 Å². The Labute approximate surface area is 60.6 Å². The molecule has 0 heterocycles. The molecular weight excluding hydrogens is 156 g/mol. The van der Waals surface area contributed by atoms with Crippen molar-refractivity contribution in [2.24, 2.45) is 0 Å². The van der Waals surface area contributed by atoms with Crippen LogP contribution >= 0.6 is 0 Å². The molecule has 61 valence electrons. The molecule has 0 fully saturated rings. The summed E-state index contributed by atoms with van der Waals surface area (Å²) in [7, 11) is -4.30. The summed E-state index contributed by atoms with van der Waals surface area (Å²) in [4.78, 5) is 0. The van der Waals surface area contributed by atoms with Crippen molar-refractivity contribution >= 4 is 10.1 Å². The SMILES string of the molecule is CC[C](C)C(O)S(=O)(=O)O. The van der Waals surface area contributed by atoms with E-state index in [0.29, 0.717) is 12.3 Å². The predicted molar refractivity (Wildman–Crippen MR) is 36.8 cm³/mol. The second-order valence-electron chi connectivity index (χ2n) is 2.07. The van der Waals surface area contributed by atoms with Gasteiger partial charge in [-0.3, -0.25) is 4.55 Å². The van der Waals surface area contributed by atoms with Crippen molar-refractivity contribution in [3.8, 4) is 0 Å². The first kappa shape index (κ1) is 9.87. The number of aliphatic hydroxyl groups excluding tert-OH is 1. The molecular formula is C5H11O4S. The van der Waals surface area contributed by atoms with E-state index < -0.39 is 15.6 Å². The molecule has 2 N–H and O–H groups in total. The molecule has 0 aromatic carbocycles. The third kappa shape index (κ3) is 2.64. The zero-order valence-electron chi connectivity index (χ0n) is 5.90. The molecule has 1 unspecified atom stereocenters. The lowest BCUT2D eigenvalue weighted by Crippen LogP contribution is -2.25. The topological polar surface area (TPSA) is 74.6 Å². The number of rotatable bonds is 3. The Morgan fingerprint density at radius 3 is 2.10 bits per heavy atom. The average Bonchev–Trinajstić information content (AvgIpc) is 1.83. The molecule has 0 bridgehead atoms. The van der Waals surface area contributed by atoms with E-state index in [2.05, 4.69) is 0 Å². The zero-order chi connectivity index (χ0) is 8.36. The molecule has 0 spiro atoms. The van der Waals surface area contributed by atoms with Gasteiger partial charge in [0.15, 0.2) is 5.44 Å². The van der Waals surface area contributed by atoms with Crippen LogP contribution in [0.4, 0.5) is 0 Å². The molecule has 0 aliphatic heterocycles. The maximum atomic E-state index is 10.2. The normalized spacial score (nSPS) is 15.7. The Balaban J connectivity index is 4.23. The fraction of sp³-hybridized carbons (Fsp3) is 0.800. The van der Waals surface area contributed by atoms with Crippen molar-refractivity contribution in [2.75, 3.05) is 0 Å². The highest BCUT2D eigenvalue weighted by molar-refractivity contribution is 7.86. The average molecular weight is 167 g/mol. The van der Waals surface area contributed by atoms with Gasteiger partial charge in [-0.15, -0.1) is 0 Å². The van der Waals surface area contributed by atoms with Gasteiger partial charge in [0.2, 0.25) is 0 Å². The second kappa shape index (κ2) is 3.32. The van der Waals surface area contributed by atoms with Gasteiger partial charge in [-0.05, 0) is 6.42 Å². The minimum atomic E-state index is -4.30. The van der Waals surface area contributed by atoms with Gasteiger partial charge in [0.05, 0.1) is 0 Å². The summed E-state index contributed by atoms with van der Waals surface area (Å²) in [5, 5.41) is 8.78. The highest BCUT2D eigenvalue weighted by Gasteiger charge is 2.25. The van der Waals surface area contributed by atoms with Gasteiger partial charge in [-0.1, -0.05) is 13.8 Å². The molecule has 1 atom stereocenters. The molecule has 0 amide bonds. The summed E-state index contributed by atoms with van der Waals surface area (Å²) >= 11 is 0. The van der Waals surface area contributed by atoms with Crippen LogP contribution in [0.1, 0.15) is 20.3 Å². The first-order chi connectivity index (χ1) is 4.39. The Hall–Kier alpha value is -0.130. The fourth-order valence-corrected chi connectivity index (χ4v) is 1.10. The van der Waals surface area contributed by atoms with Crippen LogP contribution < -0.4 is 0 Å². The Morgan fingerprint density at radius 2 is 2.00 bits per heavy atom. The summed E-state index contributed by atoms with van der Waals surface area (Å²) in [6.45, 7) is 3.17. The molecule has 5 heteroatoms. The Kier molecular flexibility index (Phi) is 3.27. The third-order valence-electron chi connectivity index (χ3n) is 1.26. The van der Waals surface area contributed by atoms with E-state index >= 15 is 0 Å². The van der Waals surface area contributed by atoms with Crippen LogP contribution in [0.25, 0.3) is 0 Å². The summed E-state index contributed by atoms with van der Waals surface area (Å²) in [5.41, 5.74) is -1.72. The number of hydrogen-bond donors (Lipinski definition) is 2. The van der Waals surface area contributed by atoms with Crippen molar-refractivity contribution < 1.29 is 18.1 Å². The van der Waals surface area contributed by atoms with E-state index in [-0.39, 0.29) is 0 Å². The smallest absolute Gasteiger partial charge is 0.292 e. The molecule has 0 saturated carbocycles. The second-order valence-corrected chi connectivity index (χ2v) is 3.54. The minimum Gasteiger partial charge on any atom is -0.375 e. The fourth-order valence-electron chi connectivity index (χ4n) is 0.429. The van der Waals surface area contributed by atoms with Crippen LogP contribution in [-0.4, -0.2) is 23.5 Å². The van der Waals surface area contributed by atoms with E-state index in [4.69, 9.17) is 9.66 Å². The number of hydrogen-bond acceptors (Lipinski definition) is 3. The molecule has 0 aliphatic carbocycles. The standard InChI is InChI=1S/C5H11O4S/c1-3-4(2)5(6)10(7,8)9/h5-6H,3H2,1-2H3,(H,7,8,9). The molecule has 10 heavy (non-hydrogen) atoms. The Morgan fingerprint density at radius 1 is 1.60 bits per heavy atom. The molecule has 0 aromatic rings. The monoisotopic (exact) mass is 167 g/mol. The maximum Gasteiger partial charge on any atom is 0.292 e. The lowest BCUT2D eigenvalue weighted by Gasteiger charge is -2.11. The van der Waals surface area contributed by atoms with Gasteiger partial charge in [0.25, 0.3) is 10.1 Å². The van der Waals surface area contributed by atoms with Gasteiger partial charge >= 0.3 is 0 Å². The van der Waals surface area contributed by atoms with E-state index in [0.717, 1.165) is 0 Å². The van der Waals surface area contributed by atoms with E-state index in [9.17, 15) is 8.42 Å². The van der Waals surface area contributed by atoms with Crippen LogP contribution in [0.3, 0.4) is 0 Å². The first-order valence-electron chi connectivity index (χ1n) is 2.86. The molecule has 0 saturated heterocycles. The maximum absolute atomic E-state index is 10.2. The van der Waals surface area contributed by atoms with Crippen molar-refractivity contribution in [3.63, 3.8) is 0 Å². The lowest BCUT2D eigenvalue weighted by atomic mass is 10.1. The van der Waals surface area contributed by atoms with Crippen LogP contribution in [0.15, 0.2) is 0 Å². The van der Waals surface area contributed by atoms with E-state index in [1.165, 1.54) is 6.92 Å². The quantitative estimate of drug-likeness (QED) is 0.589. The van der Waals surface area contributed by atoms with Crippen molar-refractivity contribution in [2.45, 2.75) is 25.7 Å². The van der Waals surface area contributed by atoms with Crippen LogP contribution in [-0.2, 0) is 10.1 Å². The number of aliphatic hydroxyl groups is 1. The van der Waals surface area contributed by atoms with Crippen molar-refractivity contribution in [1.82, 2.24) is 0 Å². The Bertz CT molecular complexity index is 184. The predicted octanol–water partition coefficient (Wildman–Crippen LogP) is 0.197. The van der Waals surface area contributed by atoms with Crippen molar-refractivity contribution in [1.29, 1.82) is 0 Å². The van der Waals surface area contributed by atoms with Gasteiger partial charge in [0.1, 0.15) is 0 Å². The molecule has 4 nitrogen and oxygen atoms in total. The third-order valence-corrected chi connectivity index (χ3v) is 2.23. The van der Waals surface area contributed by atoms with Gasteiger partial charge in [-0.25, -0.2) is 0 Å². The summed E-state index contributed by atoms with van der Waals surface area (Å²) < 4.78 is 28.7. The highest BCUT2D eigenvalue weighted by atomic mass is 32.2. The zero-order valence-corrected chi connectivity index (χ0v) is 6.72. The molecule has 1 radical (unpaired) electrons. The van der Waals surface area contributed by atoms with E-state index in [1.807, 2.05) is 0 Å². The van der Waals surface area contributed by atoms with Crippen LogP contribution in [0.2, 0.25) is 0 Å². The highest BCUT2D eigenvalue weighted by Crippen LogP contribution is 2.13. The molecule has 0 aliphatic rings. The minimum absolute atomic E-state index is 0.336. The van der Waals surface area contributed by atoms with E-state index in [1.54, 1.807) is 6.92 Å². The molecule has 0 rings (SSSR count). The van der Waals surface area contributed by atoms with Crippen LogP contribution in [0, 0.1) is 5.92 Å². The first-order valence-corrected chi connectivity index (χ1v) is 4.36. The summed E-state index contributed by atoms with van der Waals surface area (Å²) in [5.74, 6) is 0.336. The summed E-state index contributed by atoms with van der Waals surface area (Å²) in [6, 6.07) is 0.